The lowest BCUT2D eigenvalue weighted by atomic mass is 9.94. The average molecular weight is 432 g/mol. The van der Waals surface area contributed by atoms with Crippen molar-refractivity contribution < 1.29 is 13.5 Å². The Kier molecular flexibility index (Phi) is 5.90. The minimum Gasteiger partial charge on any atom is -0.392 e. The fraction of sp³-hybridized carbons (Fsp3) is 0.192. The number of aliphatic hydroxyl groups is 1. The molecule has 4 rings (SSSR count). The van der Waals surface area contributed by atoms with Crippen LogP contribution in [0, 0.1) is 0 Å². The van der Waals surface area contributed by atoms with E-state index >= 15 is 0 Å². The zero-order chi connectivity index (χ0) is 22.0. The van der Waals surface area contributed by atoms with E-state index in [1.807, 2.05) is 48.5 Å². The highest BCUT2D eigenvalue weighted by atomic mass is 32.2. The molecule has 0 amide bonds. The van der Waals surface area contributed by atoms with Crippen molar-refractivity contribution in [2.45, 2.75) is 25.2 Å². The number of rotatable bonds is 6. The van der Waals surface area contributed by atoms with E-state index in [0.29, 0.717) is 6.42 Å². The molecule has 1 aromatic heterocycles. The second kappa shape index (κ2) is 8.61. The van der Waals surface area contributed by atoms with E-state index in [4.69, 9.17) is 0 Å². The van der Waals surface area contributed by atoms with Gasteiger partial charge in [-0.25, -0.2) is 8.42 Å². The molecule has 4 aromatic rings. The lowest BCUT2D eigenvalue weighted by Gasteiger charge is -2.14. The van der Waals surface area contributed by atoms with E-state index in [2.05, 4.69) is 29.2 Å². The third-order valence-corrected chi connectivity index (χ3v) is 7.29. The molecule has 1 N–H and O–H groups in total. The number of benzene rings is 3. The van der Waals surface area contributed by atoms with Gasteiger partial charge in [0, 0.05) is 23.4 Å². The molecule has 3 aromatic carbocycles. The number of pyridine rings is 1. The Bertz CT molecular complexity index is 1330. The number of aromatic nitrogens is 1. The van der Waals surface area contributed by atoms with Gasteiger partial charge < -0.3 is 5.11 Å². The first-order chi connectivity index (χ1) is 14.8. The molecule has 0 saturated carbocycles. The van der Waals surface area contributed by atoms with Crippen LogP contribution in [-0.4, -0.2) is 30.0 Å². The monoisotopic (exact) mass is 431 g/mol. The van der Waals surface area contributed by atoms with Gasteiger partial charge in [-0.2, -0.15) is 0 Å². The minimum absolute atomic E-state index is 0.0245. The number of nitrogens with zero attached hydrogens (tertiary/aromatic N) is 1. The molecule has 1 atom stereocenters. The summed E-state index contributed by atoms with van der Waals surface area (Å²) in [4.78, 5) is 4.61. The minimum atomic E-state index is -3.11. The molecule has 1 heterocycles. The summed E-state index contributed by atoms with van der Waals surface area (Å²) in [6, 6.07) is 24.1. The van der Waals surface area contributed by atoms with Crippen molar-refractivity contribution in [1.29, 1.82) is 0 Å². The highest BCUT2D eigenvalue weighted by molar-refractivity contribution is 7.91. The number of fused-ring (bicyclic) bond motifs is 1. The van der Waals surface area contributed by atoms with E-state index in [-0.39, 0.29) is 6.61 Å². The molecule has 0 radical (unpaired) electrons. The summed E-state index contributed by atoms with van der Waals surface area (Å²) in [5.74, 6) is 0. The molecule has 158 valence electrons. The maximum Gasteiger partial charge on any atom is 0.150 e. The molecule has 1 unspecified atom stereocenters. The van der Waals surface area contributed by atoms with Gasteiger partial charge in [-0.3, -0.25) is 4.98 Å². The third kappa shape index (κ3) is 4.68. The van der Waals surface area contributed by atoms with Gasteiger partial charge in [0.2, 0.25) is 0 Å². The second-order valence-electron chi connectivity index (χ2n) is 8.00. The van der Waals surface area contributed by atoms with Crippen LogP contribution in [0.3, 0.4) is 0 Å². The first kappa shape index (κ1) is 21.2. The Morgan fingerprint density at radius 2 is 1.61 bits per heavy atom. The summed E-state index contributed by atoms with van der Waals surface area (Å²) in [6.45, 7) is 1.77. The van der Waals surface area contributed by atoms with E-state index in [9.17, 15) is 13.5 Å². The van der Waals surface area contributed by atoms with Crippen LogP contribution in [0.4, 0.5) is 0 Å². The predicted molar refractivity (Wildman–Crippen MR) is 127 cm³/mol. The Morgan fingerprint density at radius 3 is 2.32 bits per heavy atom. The van der Waals surface area contributed by atoms with Gasteiger partial charge in [0.05, 0.1) is 17.4 Å². The largest absolute Gasteiger partial charge is 0.392 e. The lowest BCUT2D eigenvalue weighted by Crippen LogP contribution is -2.18. The first-order valence-electron chi connectivity index (χ1n) is 10.2. The quantitative estimate of drug-likeness (QED) is 0.465. The zero-order valence-corrected chi connectivity index (χ0v) is 18.4. The maximum absolute atomic E-state index is 12.0. The molecule has 5 heteroatoms. The van der Waals surface area contributed by atoms with Crippen molar-refractivity contribution in [3.63, 3.8) is 0 Å². The molecule has 31 heavy (non-hydrogen) atoms. The van der Waals surface area contributed by atoms with Crippen LogP contribution >= 0.6 is 0 Å². The molecule has 4 nitrogen and oxygen atoms in total. The third-order valence-electron chi connectivity index (χ3n) is 5.66. The van der Waals surface area contributed by atoms with Gasteiger partial charge >= 0.3 is 0 Å². The molecular weight excluding hydrogens is 406 g/mol. The average Bonchev–Trinajstić information content (AvgIpc) is 2.78. The molecule has 0 saturated heterocycles. The predicted octanol–water partition coefficient (Wildman–Crippen LogP) is 5.04. The fourth-order valence-electron chi connectivity index (χ4n) is 3.74. The van der Waals surface area contributed by atoms with Crippen molar-refractivity contribution >= 4 is 20.7 Å². The van der Waals surface area contributed by atoms with Crippen LogP contribution in [0.5, 0.6) is 0 Å². The maximum atomic E-state index is 12.0. The van der Waals surface area contributed by atoms with E-state index in [0.717, 1.165) is 44.3 Å². The Hall–Kier alpha value is -3.02. The molecule has 0 aliphatic carbocycles. The molecular formula is C26H25NO3S. The van der Waals surface area contributed by atoms with Crippen LogP contribution < -0.4 is 0 Å². The number of aliphatic hydroxyl groups excluding tert-OH is 1. The van der Waals surface area contributed by atoms with Crippen LogP contribution in [0.1, 0.15) is 18.1 Å². The smallest absolute Gasteiger partial charge is 0.150 e. The Labute approximate surface area is 183 Å². The highest BCUT2D eigenvalue weighted by Crippen LogP contribution is 2.32. The Morgan fingerprint density at radius 1 is 0.871 bits per heavy atom. The van der Waals surface area contributed by atoms with Crippen LogP contribution in [0.25, 0.3) is 33.2 Å². The van der Waals surface area contributed by atoms with Gasteiger partial charge in [-0.1, -0.05) is 48.5 Å². The summed E-state index contributed by atoms with van der Waals surface area (Å²) in [7, 11) is -3.11. The molecule has 0 aliphatic rings. The van der Waals surface area contributed by atoms with Gasteiger partial charge in [-0.15, -0.1) is 0 Å². The fourth-order valence-corrected chi connectivity index (χ4v) is 4.24. The molecule has 0 aliphatic heterocycles. The van der Waals surface area contributed by atoms with Crippen LogP contribution in [-0.2, 0) is 22.9 Å². The van der Waals surface area contributed by atoms with Crippen molar-refractivity contribution in [1.82, 2.24) is 4.98 Å². The van der Waals surface area contributed by atoms with E-state index in [1.54, 1.807) is 13.1 Å². The standard InChI is InChI=1S/C26H25NO3S/c1-18(31(2,29)30)13-20-14-24-7-4-12-27-26(24)25(15-20)23-6-3-5-22(16-23)21-10-8-19(17-28)9-11-21/h3-12,14-16,18,28H,13,17H2,1-2H3. The summed E-state index contributed by atoms with van der Waals surface area (Å²) >= 11 is 0. The Balaban J connectivity index is 1.81. The van der Waals surface area contributed by atoms with Gasteiger partial charge in [0.15, 0.2) is 0 Å². The van der Waals surface area contributed by atoms with Gasteiger partial charge in [0.25, 0.3) is 0 Å². The van der Waals surface area contributed by atoms with Crippen LogP contribution in [0.2, 0.25) is 0 Å². The highest BCUT2D eigenvalue weighted by Gasteiger charge is 2.17. The van der Waals surface area contributed by atoms with Gasteiger partial charge in [-0.05, 0) is 65.4 Å². The molecule has 0 spiro atoms. The first-order valence-corrected chi connectivity index (χ1v) is 12.2. The van der Waals surface area contributed by atoms with E-state index in [1.165, 1.54) is 6.26 Å². The topological polar surface area (TPSA) is 67.3 Å². The normalized spacial score (nSPS) is 12.7. The summed E-state index contributed by atoms with van der Waals surface area (Å²) in [5, 5.41) is 9.83. The summed E-state index contributed by atoms with van der Waals surface area (Å²) < 4.78 is 23.9. The number of hydrogen-bond acceptors (Lipinski definition) is 4. The molecule has 0 fully saturated rings. The summed E-state index contributed by atoms with van der Waals surface area (Å²) in [5.41, 5.74) is 6.91. The summed E-state index contributed by atoms with van der Waals surface area (Å²) in [6.07, 6.45) is 3.52. The van der Waals surface area contributed by atoms with E-state index < -0.39 is 15.1 Å². The number of sulfone groups is 1. The molecule has 0 bridgehead atoms. The second-order valence-corrected chi connectivity index (χ2v) is 10.5. The lowest BCUT2D eigenvalue weighted by molar-refractivity contribution is 0.282. The van der Waals surface area contributed by atoms with Crippen molar-refractivity contribution in [2.75, 3.05) is 6.26 Å². The van der Waals surface area contributed by atoms with Crippen molar-refractivity contribution in [3.8, 4) is 22.3 Å². The van der Waals surface area contributed by atoms with Crippen molar-refractivity contribution in [2.24, 2.45) is 0 Å². The number of hydrogen-bond donors (Lipinski definition) is 1. The van der Waals surface area contributed by atoms with Crippen molar-refractivity contribution in [3.05, 3.63) is 90.1 Å². The van der Waals surface area contributed by atoms with Crippen LogP contribution in [0.15, 0.2) is 79.0 Å². The SMILES string of the molecule is CC(Cc1cc(-c2cccc(-c3ccc(CO)cc3)c2)c2ncccc2c1)S(C)(=O)=O. The zero-order valence-electron chi connectivity index (χ0n) is 17.6. The van der Waals surface area contributed by atoms with Gasteiger partial charge in [0.1, 0.15) is 9.84 Å².